The molecule has 0 bridgehead atoms. The molecule has 0 spiro atoms. The fourth-order valence-electron chi connectivity index (χ4n) is 4.19. The first-order valence-corrected chi connectivity index (χ1v) is 11.6. The summed E-state index contributed by atoms with van der Waals surface area (Å²) in [5.74, 6) is 0.00116. The van der Waals surface area contributed by atoms with E-state index in [1.54, 1.807) is 7.11 Å². The monoisotopic (exact) mass is 542 g/mol. The molecule has 5 rings (SSSR count). The number of benzene rings is 1. The average Bonchev–Trinajstić information content (AvgIpc) is 3.40. The van der Waals surface area contributed by atoms with Gasteiger partial charge in [-0.3, -0.25) is 0 Å². The van der Waals surface area contributed by atoms with E-state index >= 15 is 0 Å². The van der Waals surface area contributed by atoms with E-state index in [0.717, 1.165) is 61.8 Å². The van der Waals surface area contributed by atoms with Crippen LogP contribution < -0.4 is 19.3 Å². The van der Waals surface area contributed by atoms with Gasteiger partial charge in [-0.15, -0.1) is 0 Å². The third kappa shape index (κ3) is 5.33. The fourth-order valence-corrected chi connectivity index (χ4v) is 4.19. The first-order valence-electron chi connectivity index (χ1n) is 11.6. The van der Waals surface area contributed by atoms with E-state index in [1.807, 2.05) is 57.9 Å². The lowest BCUT2D eigenvalue weighted by atomic mass is 10.0. The third-order valence-corrected chi connectivity index (χ3v) is 5.97. The second-order valence-electron chi connectivity index (χ2n) is 8.88. The molecular weight excluding hydrogens is 517 g/mol. The Morgan fingerprint density at radius 3 is 2.28 bits per heavy atom. The molecule has 1 N–H and O–H groups in total. The van der Waals surface area contributed by atoms with E-state index in [9.17, 15) is 13.2 Å². The van der Waals surface area contributed by atoms with Gasteiger partial charge in [0.15, 0.2) is 5.65 Å². The van der Waals surface area contributed by atoms with Gasteiger partial charge in [-0.25, -0.2) is 4.57 Å². The third-order valence-electron chi connectivity index (χ3n) is 5.97. The first-order chi connectivity index (χ1) is 18.3. The number of rotatable bonds is 4. The molecule has 0 fully saturated rings. The van der Waals surface area contributed by atoms with Gasteiger partial charge in [-0.2, -0.15) is 18.2 Å². The van der Waals surface area contributed by atoms with Crippen LogP contribution in [0.25, 0.3) is 38.9 Å². The quantitative estimate of drug-likeness (QED) is 0.343. The molecule has 0 aliphatic heterocycles. The molecule has 0 atom stereocenters. The molecule has 4 heterocycles. The van der Waals surface area contributed by atoms with Crippen LogP contribution in [0.2, 0.25) is 0 Å². The van der Waals surface area contributed by atoms with Crippen molar-refractivity contribution in [2.24, 2.45) is 0 Å². The van der Waals surface area contributed by atoms with Crippen molar-refractivity contribution in [3.63, 3.8) is 0 Å². The Morgan fingerprint density at radius 2 is 1.77 bits per heavy atom. The molecule has 0 unspecified atom stereocenters. The molecule has 0 aliphatic rings. The summed E-state index contributed by atoms with van der Waals surface area (Å²) in [6.45, 7) is 5.74. The zero-order valence-corrected chi connectivity index (χ0v) is 22.0. The first kappa shape index (κ1) is 27.4. The largest absolute Gasteiger partial charge is 0.542 e. The zero-order chi connectivity index (χ0) is 28.6. The van der Waals surface area contributed by atoms with Crippen molar-refractivity contribution in [1.82, 2.24) is 20.1 Å². The highest BCUT2D eigenvalue weighted by Gasteiger charge is 2.29. The van der Waals surface area contributed by atoms with Crippen LogP contribution in [-0.2, 0) is 4.79 Å². The lowest BCUT2D eigenvalue weighted by Gasteiger charge is -2.11. The number of aryl methyl sites for hydroxylation is 3. The zero-order valence-electron chi connectivity index (χ0n) is 22.0. The van der Waals surface area contributed by atoms with Gasteiger partial charge in [0.25, 0.3) is 0 Å². The molecule has 0 saturated carbocycles. The number of anilines is 1. The predicted octanol–water partition coefficient (Wildman–Crippen LogP) is 3.34. The number of carboxylic acids is 1. The van der Waals surface area contributed by atoms with Crippen LogP contribution in [0.4, 0.5) is 18.9 Å². The van der Waals surface area contributed by atoms with Gasteiger partial charge in [-0.05, 0) is 31.0 Å². The number of methoxy groups -OCH3 is 1. The number of alkyl halides is 3. The standard InChI is InChI=1S/C24H25N6O2.C2HF3O2/c1-13-21(14(2)32-28-13)18-11-19-17(12-20(18)31-6)22-23(27-19)25-15(3)26-24(22)30-9-7-16(8-10-30)29(4)5;3-2(4,5)1(6)7/h7-12H,1-6H3,(H,25,26,27);(H,6,7)/q+1;/p-1. The Hall–Kier alpha value is -4.68. The maximum Gasteiger partial charge on any atom is 0.430 e. The molecular formula is C26H25F3N6O4. The van der Waals surface area contributed by atoms with Crippen molar-refractivity contribution in [1.29, 1.82) is 0 Å². The number of nitrogens with one attached hydrogen (secondary N) is 1. The normalized spacial score (nSPS) is 11.4. The van der Waals surface area contributed by atoms with Crippen LogP contribution in [0.1, 0.15) is 17.3 Å². The molecule has 204 valence electrons. The Bertz CT molecular complexity index is 1650. The lowest BCUT2D eigenvalue weighted by molar-refractivity contribution is -0.597. The van der Waals surface area contributed by atoms with E-state index in [-0.39, 0.29) is 0 Å². The van der Waals surface area contributed by atoms with Gasteiger partial charge in [0.05, 0.1) is 30.8 Å². The smallest absolute Gasteiger partial charge is 0.430 e. The Labute approximate surface area is 220 Å². The van der Waals surface area contributed by atoms with Crippen molar-refractivity contribution < 1.29 is 36.9 Å². The van der Waals surface area contributed by atoms with Crippen molar-refractivity contribution in [2.45, 2.75) is 26.9 Å². The summed E-state index contributed by atoms with van der Waals surface area (Å²) in [6, 6.07) is 8.23. The van der Waals surface area contributed by atoms with Crippen LogP contribution in [0, 0.1) is 20.8 Å². The van der Waals surface area contributed by atoms with Crippen molar-refractivity contribution in [3.05, 3.63) is 53.9 Å². The van der Waals surface area contributed by atoms with Gasteiger partial charge in [-0.1, -0.05) is 5.16 Å². The van der Waals surface area contributed by atoms with Gasteiger partial charge >= 0.3 is 12.0 Å². The Morgan fingerprint density at radius 1 is 1.13 bits per heavy atom. The maximum atomic E-state index is 10.5. The van der Waals surface area contributed by atoms with Gasteiger partial charge in [0, 0.05) is 55.3 Å². The lowest BCUT2D eigenvalue weighted by Crippen LogP contribution is -2.37. The van der Waals surface area contributed by atoms with Crippen LogP contribution in [0.3, 0.4) is 0 Å². The number of H-pyrrole nitrogens is 1. The minimum atomic E-state index is -5.19. The van der Waals surface area contributed by atoms with Crippen molar-refractivity contribution in [3.8, 4) is 22.7 Å². The summed E-state index contributed by atoms with van der Waals surface area (Å²) < 4.78 is 44.7. The van der Waals surface area contributed by atoms with Crippen LogP contribution >= 0.6 is 0 Å². The Kier molecular flexibility index (Phi) is 7.18. The van der Waals surface area contributed by atoms with Gasteiger partial charge in [0.1, 0.15) is 22.9 Å². The number of aromatic amines is 1. The number of carbonyl (C=O) groups excluding carboxylic acids is 1. The minimum Gasteiger partial charge on any atom is -0.542 e. The average molecular weight is 543 g/mol. The molecule has 0 radical (unpaired) electrons. The van der Waals surface area contributed by atoms with E-state index in [4.69, 9.17) is 24.1 Å². The highest BCUT2D eigenvalue weighted by atomic mass is 19.4. The topological polar surface area (TPSA) is 124 Å². The number of nitrogens with zero attached hydrogens (tertiary/aromatic N) is 5. The summed E-state index contributed by atoms with van der Waals surface area (Å²) >= 11 is 0. The molecule has 5 aromatic rings. The number of hydrogen-bond donors (Lipinski definition) is 1. The van der Waals surface area contributed by atoms with E-state index < -0.39 is 12.1 Å². The maximum absolute atomic E-state index is 10.5. The Balaban J connectivity index is 0.000000448. The number of halogens is 3. The predicted molar refractivity (Wildman–Crippen MR) is 135 cm³/mol. The molecule has 0 amide bonds. The molecule has 4 aromatic heterocycles. The molecule has 10 nitrogen and oxygen atoms in total. The molecule has 0 saturated heterocycles. The van der Waals surface area contributed by atoms with E-state index in [2.05, 4.69) is 38.2 Å². The second kappa shape index (κ2) is 10.2. The van der Waals surface area contributed by atoms with Gasteiger partial charge < -0.3 is 29.0 Å². The summed E-state index contributed by atoms with van der Waals surface area (Å²) in [5.41, 5.74) is 5.54. The van der Waals surface area contributed by atoms with Crippen LogP contribution in [-0.4, -0.2) is 53.5 Å². The molecule has 13 heteroatoms. The fraction of sp³-hybridized carbons (Fsp3) is 0.269. The number of pyridine rings is 1. The van der Waals surface area contributed by atoms with Crippen molar-refractivity contribution >= 4 is 33.6 Å². The van der Waals surface area contributed by atoms with E-state index in [0.29, 0.717) is 5.82 Å². The minimum absolute atomic E-state index is 0.696. The summed E-state index contributed by atoms with van der Waals surface area (Å²) in [4.78, 5) is 23.8. The molecule has 0 aliphatic carbocycles. The summed E-state index contributed by atoms with van der Waals surface area (Å²) in [7, 11) is 5.72. The van der Waals surface area contributed by atoms with Crippen LogP contribution in [0.5, 0.6) is 5.75 Å². The highest BCUT2D eigenvalue weighted by Crippen LogP contribution is 2.39. The molecule has 39 heavy (non-hydrogen) atoms. The van der Waals surface area contributed by atoms with Gasteiger partial charge in [0.2, 0.25) is 5.82 Å². The second-order valence-corrected chi connectivity index (χ2v) is 8.88. The van der Waals surface area contributed by atoms with E-state index in [1.165, 1.54) is 0 Å². The number of aliphatic carboxylic acids is 1. The number of carbonyl (C=O) groups is 1. The summed E-state index contributed by atoms with van der Waals surface area (Å²) in [6.07, 6.45) is -1.16. The van der Waals surface area contributed by atoms with Crippen molar-refractivity contribution in [2.75, 3.05) is 26.1 Å². The number of hydrogen-bond acceptors (Lipinski definition) is 8. The highest BCUT2D eigenvalue weighted by molar-refractivity contribution is 6.10. The number of aromatic nitrogens is 5. The summed E-state index contributed by atoms with van der Waals surface area (Å²) in [5, 5.41) is 14.8. The number of ether oxygens (including phenoxy) is 1. The molecule has 1 aromatic carbocycles. The van der Waals surface area contributed by atoms with Crippen LogP contribution in [0.15, 0.2) is 41.2 Å². The number of fused-ring (bicyclic) bond motifs is 3. The SMILES string of the molecule is COc1cc2c(cc1-c1c(C)noc1C)[nH]c1nc(C)nc(-[n+]3ccc(N(C)C)cc3)c12.O=C([O-])C(F)(F)F. The number of carboxylic acid groups (broad SMARTS) is 1.